The summed E-state index contributed by atoms with van der Waals surface area (Å²) in [5, 5.41) is 12.4. The third-order valence-electron chi connectivity index (χ3n) is 2.99. The van der Waals surface area contributed by atoms with Crippen molar-refractivity contribution < 1.29 is 4.73 Å². The lowest BCUT2D eigenvalue weighted by Crippen LogP contribution is -2.30. The van der Waals surface area contributed by atoms with Crippen LogP contribution in [0.3, 0.4) is 0 Å². The number of aromatic nitrogens is 2. The van der Waals surface area contributed by atoms with E-state index in [0.717, 1.165) is 26.8 Å². The predicted octanol–water partition coefficient (Wildman–Crippen LogP) is 2.84. The van der Waals surface area contributed by atoms with Gasteiger partial charge >= 0.3 is 0 Å². The lowest BCUT2D eigenvalue weighted by molar-refractivity contribution is -0.614. The molecule has 3 nitrogen and oxygen atoms in total. The van der Waals surface area contributed by atoms with Gasteiger partial charge in [0.15, 0.2) is 5.52 Å². The van der Waals surface area contributed by atoms with Gasteiger partial charge in [0.25, 0.3) is 5.82 Å². The summed E-state index contributed by atoms with van der Waals surface area (Å²) in [6.45, 7) is 1.71. The van der Waals surface area contributed by atoms with E-state index in [1.54, 1.807) is 13.1 Å². The molecule has 1 aromatic heterocycles. The second kappa shape index (κ2) is 4.11. The van der Waals surface area contributed by atoms with Crippen LogP contribution in [0.1, 0.15) is 5.82 Å². The van der Waals surface area contributed by atoms with E-state index >= 15 is 0 Å². The highest BCUT2D eigenvalue weighted by Gasteiger charge is 2.07. The van der Waals surface area contributed by atoms with E-state index in [1.807, 2.05) is 48.5 Å². The molecule has 0 aliphatic carbocycles. The van der Waals surface area contributed by atoms with E-state index in [1.165, 1.54) is 0 Å². The van der Waals surface area contributed by atoms with Crippen molar-refractivity contribution in [3.05, 3.63) is 65.8 Å². The topological polar surface area (TPSA) is 39.8 Å². The van der Waals surface area contributed by atoms with Crippen LogP contribution < -0.4 is 4.73 Å². The number of rotatable bonds is 1. The van der Waals surface area contributed by atoms with Gasteiger partial charge in [-0.2, -0.15) is 0 Å². The minimum atomic E-state index is 0.468. The molecule has 0 atom stereocenters. The van der Waals surface area contributed by atoms with Gasteiger partial charge in [-0.1, -0.05) is 30.3 Å². The van der Waals surface area contributed by atoms with Crippen LogP contribution in [0.5, 0.6) is 0 Å². The van der Waals surface area contributed by atoms with Crippen molar-refractivity contribution in [3.8, 4) is 11.1 Å². The predicted molar refractivity (Wildman–Crippen MR) is 70.9 cm³/mol. The van der Waals surface area contributed by atoms with Gasteiger partial charge in [-0.25, -0.2) is 4.73 Å². The summed E-state index contributed by atoms with van der Waals surface area (Å²) in [4.78, 5) is 4.26. The minimum Gasteiger partial charge on any atom is -0.711 e. The normalized spacial score (nSPS) is 10.7. The van der Waals surface area contributed by atoms with E-state index in [4.69, 9.17) is 0 Å². The summed E-state index contributed by atoms with van der Waals surface area (Å²) in [6.07, 6.45) is 1.57. The van der Waals surface area contributed by atoms with E-state index in [2.05, 4.69) is 4.98 Å². The average molecular weight is 236 g/mol. The maximum absolute atomic E-state index is 11.5. The molecular weight excluding hydrogens is 224 g/mol. The Morgan fingerprint density at radius 1 is 1.00 bits per heavy atom. The quantitative estimate of drug-likeness (QED) is 0.481. The van der Waals surface area contributed by atoms with Crippen LogP contribution in [0.2, 0.25) is 0 Å². The molecule has 3 rings (SSSR count). The Morgan fingerprint density at radius 2 is 1.78 bits per heavy atom. The van der Waals surface area contributed by atoms with E-state index in [0.29, 0.717) is 5.82 Å². The summed E-state index contributed by atoms with van der Waals surface area (Å²) >= 11 is 0. The van der Waals surface area contributed by atoms with Crippen LogP contribution >= 0.6 is 0 Å². The van der Waals surface area contributed by atoms with Crippen LogP contribution in [0.4, 0.5) is 0 Å². The van der Waals surface area contributed by atoms with Crippen LogP contribution in [-0.2, 0) is 0 Å². The van der Waals surface area contributed by atoms with Crippen molar-refractivity contribution in [3.63, 3.8) is 0 Å². The maximum atomic E-state index is 11.5. The summed E-state index contributed by atoms with van der Waals surface area (Å²) in [5.74, 6) is 0.468. The standard InChI is InChI=1S/C15H12N2O/c1-11-16-15-8-7-13(9-14(15)10-17(11)18)12-5-3-2-4-6-12/h2-10H,1H3. The molecule has 0 amide bonds. The first-order valence-corrected chi connectivity index (χ1v) is 5.80. The Balaban J connectivity index is 2.20. The minimum absolute atomic E-state index is 0.468. The second-order valence-electron chi connectivity index (χ2n) is 4.25. The van der Waals surface area contributed by atoms with Gasteiger partial charge in [0.05, 0.1) is 5.39 Å². The molecule has 1 heterocycles. The monoisotopic (exact) mass is 236 g/mol. The van der Waals surface area contributed by atoms with Gasteiger partial charge in [-0.15, -0.1) is 0 Å². The van der Waals surface area contributed by atoms with Gasteiger partial charge in [0.1, 0.15) is 6.20 Å². The maximum Gasteiger partial charge on any atom is 0.298 e. The number of nitrogens with zero attached hydrogens (tertiary/aromatic N) is 2. The number of hydrogen-bond donors (Lipinski definition) is 0. The Hall–Kier alpha value is -2.42. The molecule has 88 valence electrons. The van der Waals surface area contributed by atoms with Crippen molar-refractivity contribution in [2.75, 3.05) is 0 Å². The molecule has 2 aromatic carbocycles. The molecule has 0 fully saturated rings. The number of benzene rings is 2. The molecule has 3 heteroatoms. The first kappa shape index (κ1) is 10.7. The molecule has 3 aromatic rings. The third kappa shape index (κ3) is 1.80. The van der Waals surface area contributed by atoms with Gasteiger partial charge in [0.2, 0.25) is 0 Å². The Labute approximate surface area is 105 Å². The molecule has 0 spiro atoms. The summed E-state index contributed by atoms with van der Waals surface area (Å²) < 4.78 is 0.803. The average Bonchev–Trinajstić information content (AvgIpc) is 2.41. The number of hydrogen-bond acceptors (Lipinski definition) is 2. The molecular formula is C15H12N2O. The van der Waals surface area contributed by atoms with Crippen LogP contribution in [0.15, 0.2) is 54.7 Å². The molecule has 0 saturated heterocycles. The molecule has 0 radical (unpaired) electrons. The fourth-order valence-corrected chi connectivity index (χ4v) is 2.01. The Bertz CT molecular complexity index is 708. The van der Waals surface area contributed by atoms with Crippen molar-refractivity contribution in [1.82, 2.24) is 4.98 Å². The van der Waals surface area contributed by atoms with E-state index in [-0.39, 0.29) is 0 Å². The van der Waals surface area contributed by atoms with Crippen LogP contribution in [0.25, 0.3) is 22.0 Å². The smallest absolute Gasteiger partial charge is 0.298 e. The highest BCUT2D eigenvalue weighted by Crippen LogP contribution is 2.22. The van der Waals surface area contributed by atoms with Crippen molar-refractivity contribution in [2.45, 2.75) is 6.92 Å². The largest absolute Gasteiger partial charge is 0.711 e. The first-order chi connectivity index (χ1) is 8.74. The third-order valence-corrected chi connectivity index (χ3v) is 2.99. The molecule has 0 saturated carbocycles. The van der Waals surface area contributed by atoms with Crippen molar-refractivity contribution in [2.24, 2.45) is 0 Å². The lowest BCUT2D eigenvalue weighted by Gasteiger charge is -2.05. The zero-order valence-electron chi connectivity index (χ0n) is 10.00. The molecule has 18 heavy (non-hydrogen) atoms. The molecule has 0 N–H and O–H groups in total. The van der Waals surface area contributed by atoms with Gasteiger partial charge in [-0.05, 0) is 34.3 Å². The zero-order valence-corrected chi connectivity index (χ0v) is 10.00. The van der Waals surface area contributed by atoms with Gasteiger partial charge in [0, 0.05) is 6.92 Å². The lowest BCUT2D eigenvalue weighted by atomic mass is 10.0. The summed E-state index contributed by atoms with van der Waals surface area (Å²) in [7, 11) is 0. The zero-order chi connectivity index (χ0) is 12.5. The molecule has 0 aliphatic heterocycles. The van der Waals surface area contributed by atoms with Gasteiger partial charge in [-0.3, -0.25) is 0 Å². The highest BCUT2D eigenvalue weighted by molar-refractivity contribution is 5.83. The Morgan fingerprint density at radius 3 is 2.56 bits per heavy atom. The number of fused-ring (bicyclic) bond motifs is 1. The SMILES string of the molecule is Cc1nc2ccc(-c3ccccc3)cc2c[n+]1[O-]. The Kier molecular flexibility index (Phi) is 2.45. The van der Waals surface area contributed by atoms with Crippen molar-refractivity contribution in [1.29, 1.82) is 0 Å². The van der Waals surface area contributed by atoms with E-state index < -0.39 is 0 Å². The van der Waals surface area contributed by atoms with E-state index in [9.17, 15) is 5.21 Å². The fraction of sp³-hybridized carbons (Fsp3) is 0.0667. The van der Waals surface area contributed by atoms with Crippen LogP contribution in [0, 0.1) is 12.1 Å². The number of aryl methyl sites for hydroxylation is 1. The molecule has 0 aliphatic rings. The summed E-state index contributed by atoms with van der Waals surface area (Å²) in [5.41, 5.74) is 3.07. The molecule has 0 bridgehead atoms. The summed E-state index contributed by atoms with van der Waals surface area (Å²) in [6, 6.07) is 16.1. The fourth-order valence-electron chi connectivity index (χ4n) is 2.01. The van der Waals surface area contributed by atoms with Crippen molar-refractivity contribution >= 4 is 10.9 Å². The first-order valence-electron chi connectivity index (χ1n) is 5.80. The molecule has 0 unspecified atom stereocenters. The second-order valence-corrected chi connectivity index (χ2v) is 4.25. The highest BCUT2D eigenvalue weighted by atomic mass is 16.5. The van der Waals surface area contributed by atoms with Crippen LogP contribution in [-0.4, -0.2) is 4.98 Å². The van der Waals surface area contributed by atoms with Gasteiger partial charge < -0.3 is 5.21 Å².